The van der Waals surface area contributed by atoms with Gasteiger partial charge in [0.1, 0.15) is 0 Å². The van der Waals surface area contributed by atoms with Crippen molar-refractivity contribution in [3.8, 4) is 11.3 Å². The molecule has 0 spiro atoms. The first-order valence-corrected chi connectivity index (χ1v) is 10.4. The van der Waals surface area contributed by atoms with Crippen molar-refractivity contribution in [3.63, 3.8) is 0 Å². The number of nitrogens with one attached hydrogen (secondary N) is 1. The molecule has 0 bridgehead atoms. The van der Waals surface area contributed by atoms with Crippen molar-refractivity contribution in [1.82, 2.24) is 9.88 Å². The molecule has 0 aliphatic heterocycles. The molecular formula is C21H21N3O2S2. The number of nitrogens with zero attached hydrogens (tertiary/aromatic N) is 2. The Labute approximate surface area is 172 Å². The van der Waals surface area contributed by atoms with Crippen LogP contribution in [-0.2, 0) is 11.2 Å². The van der Waals surface area contributed by atoms with E-state index in [2.05, 4.69) is 10.3 Å². The summed E-state index contributed by atoms with van der Waals surface area (Å²) in [5.41, 5.74) is 3.66. The van der Waals surface area contributed by atoms with Gasteiger partial charge < -0.3 is 10.2 Å². The third-order valence-electron chi connectivity index (χ3n) is 3.94. The van der Waals surface area contributed by atoms with Crippen molar-refractivity contribution in [2.75, 3.05) is 19.4 Å². The van der Waals surface area contributed by atoms with Crippen LogP contribution in [0, 0.1) is 6.92 Å². The lowest BCUT2D eigenvalue weighted by molar-refractivity contribution is -0.115. The molecule has 5 nitrogen and oxygen atoms in total. The van der Waals surface area contributed by atoms with Crippen molar-refractivity contribution in [1.29, 1.82) is 0 Å². The van der Waals surface area contributed by atoms with Gasteiger partial charge in [-0.15, -0.1) is 11.3 Å². The summed E-state index contributed by atoms with van der Waals surface area (Å²) in [6.07, 6.45) is 0.298. The van der Waals surface area contributed by atoms with Gasteiger partial charge in [-0.3, -0.25) is 9.59 Å². The Balaban J connectivity index is 1.56. The molecule has 0 atom stereocenters. The molecule has 7 heteroatoms. The number of hydrogen-bond acceptors (Lipinski definition) is 5. The van der Waals surface area contributed by atoms with Crippen LogP contribution in [0.3, 0.4) is 0 Å². The first-order valence-electron chi connectivity index (χ1n) is 8.71. The van der Waals surface area contributed by atoms with Crippen molar-refractivity contribution in [2.24, 2.45) is 0 Å². The predicted octanol–water partition coefficient (Wildman–Crippen LogP) is 5.07. The van der Waals surface area contributed by atoms with Crippen LogP contribution in [0.4, 0.5) is 10.5 Å². The summed E-state index contributed by atoms with van der Waals surface area (Å²) >= 11 is 2.78. The average molecular weight is 412 g/mol. The highest BCUT2D eigenvalue weighted by Crippen LogP contribution is 2.23. The first kappa shape index (κ1) is 20.1. The molecule has 3 aromatic rings. The standard InChI is InChI=1S/C21H21N3O2S2/c1-14-22-19(13-27-14)16-6-4-15(5-7-16)12-20(25)23-17-8-10-18(11-9-17)28-21(26)24(2)3/h4-11,13H,12H2,1-3H3,(H,23,25). The van der Waals surface area contributed by atoms with Crippen LogP contribution >= 0.6 is 23.1 Å². The zero-order chi connectivity index (χ0) is 20.1. The maximum absolute atomic E-state index is 12.3. The van der Waals surface area contributed by atoms with E-state index in [4.69, 9.17) is 0 Å². The van der Waals surface area contributed by atoms with Crippen LogP contribution in [0.5, 0.6) is 0 Å². The molecule has 1 heterocycles. The second kappa shape index (κ2) is 9.03. The summed E-state index contributed by atoms with van der Waals surface area (Å²) in [4.78, 5) is 30.9. The van der Waals surface area contributed by atoms with Gasteiger partial charge in [-0.05, 0) is 48.5 Å². The van der Waals surface area contributed by atoms with E-state index in [1.54, 1.807) is 37.6 Å². The number of thiazole rings is 1. The van der Waals surface area contributed by atoms with E-state index in [1.165, 1.54) is 4.90 Å². The van der Waals surface area contributed by atoms with E-state index in [-0.39, 0.29) is 11.1 Å². The van der Waals surface area contributed by atoms with Crippen LogP contribution in [0.25, 0.3) is 11.3 Å². The fraction of sp³-hybridized carbons (Fsp3) is 0.190. The number of hydrogen-bond donors (Lipinski definition) is 1. The molecule has 3 rings (SSSR count). The minimum atomic E-state index is -0.0815. The Morgan fingerprint density at radius 2 is 1.75 bits per heavy atom. The molecule has 0 unspecified atom stereocenters. The summed E-state index contributed by atoms with van der Waals surface area (Å²) in [7, 11) is 3.43. The lowest BCUT2D eigenvalue weighted by Gasteiger charge is -2.10. The fourth-order valence-electron chi connectivity index (χ4n) is 2.48. The molecule has 2 aromatic carbocycles. The van der Waals surface area contributed by atoms with E-state index in [9.17, 15) is 9.59 Å². The number of carbonyl (C=O) groups is 2. The van der Waals surface area contributed by atoms with E-state index in [1.807, 2.05) is 48.7 Å². The van der Waals surface area contributed by atoms with E-state index in [0.29, 0.717) is 12.1 Å². The normalized spacial score (nSPS) is 10.5. The summed E-state index contributed by atoms with van der Waals surface area (Å²) < 4.78 is 0. The highest BCUT2D eigenvalue weighted by atomic mass is 32.2. The SMILES string of the molecule is Cc1nc(-c2ccc(CC(=O)Nc3ccc(SC(=O)N(C)C)cc3)cc2)cs1. The molecule has 0 radical (unpaired) electrons. The van der Waals surface area contributed by atoms with Crippen LogP contribution in [0.15, 0.2) is 58.8 Å². The zero-order valence-electron chi connectivity index (χ0n) is 15.9. The Kier molecular flexibility index (Phi) is 6.49. The molecule has 0 fully saturated rings. The Bertz CT molecular complexity index is 964. The smallest absolute Gasteiger partial charge is 0.285 e. The summed E-state index contributed by atoms with van der Waals surface area (Å²) in [5, 5.41) is 5.92. The number of aromatic nitrogens is 1. The lowest BCUT2D eigenvalue weighted by atomic mass is 10.1. The van der Waals surface area contributed by atoms with Crippen LogP contribution in [-0.4, -0.2) is 35.1 Å². The second-order valence-corrected chi connectivity index (χ2v) is 8.55. The van der Waals surface area contributed by atoms with E-state index < -0.39 is 0 Å². The average Bonchev–Trinajstić information content (AvgIpc) is 3.10. The monoisotopic (exact) mass is 411 g/mol. The van der Waals surface area contributed by atoms with Gasteiger partial charge in [0, 0.05) is 35.6 Å². The maximum Gasteiger partial charge on any atom is 0.285 e. The molecule has 0 aliphatic carbocycles. The van der Waals surface area contributed by atoms with E-state index in [0.717, 1.165) is 38.5 Å². The highest BCUT2D eigenvalue weighted by Gasteiger charge is 2.08. The number of benzene rings is 2. The molecule has 28 heavy (non-hydrogen) atoms. The number of aryl methyl sites for hydroxylation is 1. The van der Waals surface area contributed by atoms with Crippen LogP contribution in [0.1, 0.15) is 10.6 Å². The van der Waals surface area contributed by atoms with Gasteiger partial charge in [0.2, 0.25) is 5.91 Å². The molecule has 0 saturated carbocycles. The molecule has 1 aromatic heterocycles. The van der Waals surface area contributed by atoms with Crippen LogP contribution in [0.2, 0.25) is 0 Å². The first-order chi connectivity index (χ1) is 13.4. The van der Waals surface area contributed by atoms with Gasteiger partial charge in [-0.2, -0.15) is 0 Å². The summed E-state index contributed by atoms with van der Waals surface area (Å²) in [6, 6.07) is 15.1. The third kappa shape index (κ3) is 5.43. The molecule has 1 N–H and O–H groups in total. The number of amides is 2. The van der Waals surface area contributed by atoms with Gasteiger partial charge in [0.15, 0.2) is 0 Å². The lowest BCUT2D eigenvalue weighted by Crippen LogP contribution is -2.16. The number of rotatable bonds is 5. The number of carbonyl (C=O) groups excluding carboxylic acids is 2. The zero-order valence-corrected chi connectivity index (χ0v) is 17.6. The van der Waals surface area contributed by atoms with Gasteiger partial charge in [-0.1, -0.05) is 24.3 Å². The van der Waals surface area contributed by atoms with Gasteiger partial charge in [0.25, 0.3) is 5.24 Å². The quantitative estimate of drug-likeness (QED) is 0.595. The minimum absolute atomic E-state index is 0.0342. The Morgan fingerprint density at radius 3 is 2.32 bits per heavy atom. The second-order valence-electron chi connectivity index (χ2n) is 6.46. The van der Waals surface area contributed by atoms with Gasteiger partial charge in [0.05, 0.1) is 17.1 Å². The molecule has 144 valence electrons. The summed E-state index contributed by atoms with van der Waals surface area (Å²) in [6.45, 7) is 1.98. The number of anilines is 1. The van der Waals surface area contributed by atoms with E-state index >= 15 is 0 Å². The number of thioether (sulfide) groups is 1. The van der Waals surface area contributed by atoms with Crippen LogP contribution < -0.4 is 5.32 Å². The fourth-order valence-corrected chi connectivity index (χ4v) is 3.76. The maximum atomic E-state index is 12.3. The topological polar surface area (TPSA) is 62.3 Å². The Morgan fingerprint density at radius 1 is 1.07 bits per heavy atom. The third-order valence-corrected chi connectivity index (χ3v) is 5.76. The Hall–Kier alpha value is -2.64. The van der Waals surface area contributed by atoms with Crippen molar-refractivity contribution < 1.29 is 9.59 Å². The largest absolute Gasteiger partial charge is 0.339 e. The molecule has 2 amide bonds. The molecular weight excluding hydrogens is 390 g/mol. The predicted molar refractivity (Wildman–Crippen MR) is 116 cm³/mol. The van der Waals surface area contributed by atoms with Gasteiger partial charge in [-0.25, -0.2) is 4.98 Å². The van der Waals surface area contributed by atoms with Gasteiger partial charge >= 0.3 is 0 Å². The summed E-state index contributed by atoms with van der Waals surface area (Å²) in [5.74, 6) is -0.0815. The van der Waals surface area contributed by atoms with Crippen molar-refractivity contribution in [3.05, 3.63) is 64.5 Å². The molecule has 0 aliphatic rings. The highest BCUT2D eigenvalue weighted by molar-refractivity contribution is 8.13. The minimum Gasteiger partial charge on any atom is -0.339 e. The molecule has 0 saturated heterocycles. The van der Waals surface area contributed by atoms with Crippen molar-refractivity contribution in [2.45, 2.75) is 18.2 Å². The van der Waals surface area contributed by atoms with Crippen molar-refractivity contribution >= 4 is 39.9 Å².